The van der Waals surface area contributed by atoms with Gasteiger partial charge in [-0.25, -0.2) is 4.79 Å². The van der Waals surface area contributed by atoms with Crippen LogP contribution in [0.4, 0.5) is 0 Å². The van der Waals surface area contributed by atoms with E-state index >= 15 is 0 Å². The number of Topliss-reactive ketones (excluding diaryl/α,β-unsaturated/α-hetero) is 1. The van der Waals surface area contributed by atoms with E-state index in [0.717, 1.165) is 11.3 Å². The van der Waals surface area contributed by atoms with Gasteiger partial charge in [-0.2, -0.15) is 0 Å². The van der Waals surface area contributed by atoms with Crippen LogP contribution in [0.15, 0.2) is 65.0 Å². The van der Waals surface area contributed by atoms with Gasteiger partial charge in [0.25, 0.3) is 0 Å². The molecular weight excluding hydrogens is 466 g/mol. The quantitative estimate of drug-likeness (QED) is 0.519. The summed E-state index contributed by atoms with van der Waals surface area (Å²) in [7, 11) is 1.43. The van der Waals surface area contributed by atoms with Crippen molar-refractivity contribution in [1.82, 2.24) is 5.32 Å². The van der Waals surface area contributed by atoms with Crippen LogP contribution in [0.1, 0.15) is 50.7 Å². The maximum Gasteiger partial charge on any atom is 0.336 e. The molecular formula is C28H30ClNO5. The van der Waals surface area contributed by atoms with E-state index in [4.69, 9.17) is 21.1 Å². The average molecular weight is 496 g/mol. The van der Waals surface area contributed by atoms with Gasteiger partial charge in [0.2, 0.25) is 0 Å². The van der Waals surface area contributed by atoms with E-state index < -0.39 is 11.9 Å². The summed E-state index contributed by atoms with van der Waals surface area (Å²) in [5.41, 5.74) is 3.77. The van der Waals surface area contributed by atoms with E-state index in [9.17, 15) is 14.7 Å². The molecule has 0 fully saturated rings. The minimum atomic E-state index is -0.689. The highest BCUT2D eigenvalue weighted by molar-refractivity contribution is 6.32. The molecule has 2 aliphatic rings. The van der Waals surface area contributed by atoms with Gasteiger partial charge in [-0.1, -0.05) is 55.8 Å². The summed E-state index contributed by atoms with van der Waals surface area (Å²) < 4.78 is 11.0. The minimum absolute atomic E-state index is 0.0287. The zero-order chi connectivity index (χ0) is 25.3. The second kappa shape index (κ2) is 9.78. The molecule has 2 aromatic rings. The minimum Gasteiger partial charge on any atom is -0.503 e. The van der Waals surface area contributed by atoms with E-state index in [-0.39, 0.29) is 34.3 Å². The van der Waals surface area contributed by atoms with Crippen molar-refractivity contribution < 1.29 is 24.2 Å². The number of methoxy groups -OCH3 is 1. The third-order valence-electron chi connectivity index (χ3n) is 6.53. The largest absolute Gasteiger partial charge is 0.503 e. The van der Waals surface area contributed by atoms with Crippen molar-refractivity contribution in [2.24, 2.45) is 5.41 Å². The summed E-state index contributed by atoms with van der Waals surface area (Å²) >= 11 is 6.31. The van der Waals surface area contributed by atoms with Gasteiger partial charge in [-0.05, 0) is 42.0 Å². The number of nitrogens with one attached hydrogen (secondary N) is 1. The fraction of sp³-hybridized carbons (Fsp3) is 0.357. The number of aromatic hydroxyl groups is 1. The van der Waals surface area contributed by atoms with Crippen molar-refractivity contribution in [1.29, 1.82) is 0 Å². The van der Waals surface area contributed by atoms with E-state index in [2.05, 4.69) is 19.2 Å². The van der Waals surface area contributed by atoms with Crippen molar-refractivity contribution in [3.63, 3.8) is 0 Å². The number of ether oxygens (including phenoxy) is 2. The molecule has 0 saturated carbocycles. The van der Waals surface area contributed by atoms with Crippen molar-refractivity contribution in [2.45, 2.75) is 46.0 Å². The number of halogens is 1. The monoisotopic (exact) mass is 495 g/mol. The molecule has 2 N–H and O–H groups in total. The number of hydrogen-bond acceptors (Lipinski definition) is 6. The molecule has 0 amide bonds. The number of hydrogen-bond donors (Lipinski definition) is 2. The molecule has 0 aromatic heterocycles. The summed E-state index contributed by atoms with van der Waals surface area (Å²) in [5, 5.41) is 13.7. The normalized spacial score (nSPS) is 19.2. The smallest absolute Gasteiger partial charge is 0.336 e. The highest BCUT2D eigenvalue weighted by Gasteiger charge is 2.43. The first kappa shape index (κ1) is 24.9. The molecule has 0 saturated heterocycles. The number of benzene rings is 2. The molecule has 1 aliphatic heterocycles. The molecule has 2 aromatic carbocycles. The number of rotatable bonds is 6. The lowest BCUT2D eigenvalue weighted by atomic mass is 9.68. The summed E-state index contributed by atoms with van der Waals surface area (Å²) in [5.74, 6) is -1.23. The van der Waals surface area contributed by atoms with Gasteiger partial charge < -0.3 is 19.9 Å². The molecule has 35 heavy (non-hydrogen) atoms. The van der Waals surface area contributed by atoms with Crippen molar-refractivity contribution in [3.05, 3.63) is 81.2 Å². The van der Waals surface area contributed by atoms with Crippen LogP contribution in [0.3, 0.4) is 0 Å². The Bertz CT molecular complexity index is 1230. The van der Waals surface area contributed by atoms with Crippen LogP contribution in [0.2, 0.25) is 5.02 Å². The molecule has 1 aliphatic carbocycles. The molecule has 0 bridgehead atoms. The Kier molecular flexibility index (Phi) is 6.95. The Labute approximate surface area is 210 Å². The first-order valence-corrected chi connectivity index (χ1v) is 12.0. The molecule has 1 heterocycles. The summed E-state index contributed by atoms with van der Waals surface area (Å²) in [6.07, 6.45) is 1.61. The number of dihydropyridines is 1. The second-order valence-electron chi connectivity index (χ2n) is 9.85. The van der Waals surface area contributed by atoms with Crippen LogP contribution in [-0.2, 0) is 20.7 Å². The fourth-order valence-electron chi connectivity index (χ4n) is 4.94. The second-order valence-corrected chi connectivity index (χ2v) is 10.3. The van der Waals surface area contributed by atoms with E-state index in [1.54, 1.807) is 12.1 Å². The summed E-state index contributed by atoms with van der Waals surface area (Å²) in [6, 6.07) is 13.0. The van der Waals surface area contributed by atoms with Crippen molar-refractivity contribution >= 4 is 23.4 Å². The molecule has 184 valence electrons. The van der Waals surface area contributed by atoms with Gasteiger partial charge in [0.1, 0.15) is 0 Å². The highest BCUT2D eigenvalue weighted by atomic mass is 35.5. The molecule has 4 rings (SSSR count). The number of carbonyl (C=O) groups is 2. The van der Waals surface area contributed by atoms with Crippen molar-refractivity contribution in [2.75, 3.05) is 13.7 Å². The first-order chi connectivity index (χ1) is 16.6. The maximum absolute atomic E-state index is 13.4. The zero-order valence-corrected chi connectivity index (χ0v) is 21.2. The Balaban J connectivity index is 1.74. The van der Waals surface area contributed by atoms with Crippen LogP contribution in [0, 0.1) is 5.41 Å². The summed E-state index contributed by atoms with van der Waals surface area (Å²) in [6.45, 7) is 6.13. The predicted octanol–water partition coefficient (Wildman–Crippen LogP) is 5.44. The standard InChI is InChI=1S/C28H30ClNO5/c1-16-23(27(33)35-11-10-17-8-6-5-7-9-17)24(18-12-19(29)26(32)22(13-18)34-4)25-20(30-16)14-28(2,3)15-21(25)31/h5-9,12-13,24,30,32H,10-11,14-15H2,1-4H3/t24-/m0/s1. The molecule has 0 spiro atoms. The van der Waals surface area contributed by atoms with Gasteiger partial charge in [0.15, 0.2) is 17.3 Å². The Morgan fingerprint density at radius 2 is 1.91 bits per heavy atom. The first-order valence-electron chi connectivity index (χ1n) is 11.6. The Hall–Kier alpha value is -3.25. The predicted molar refractivity (Wildman–Crippen MR) is 134 cm³/mol. The SMILES string of the molecule is COc1cc([C@H]2C(C(=O)OCCc3ccccc3)=C(C)NC3=C2C(=O)CC(C)(C)C3)cc(Cl)c1O. The molecule has 6 nitrogen and oxygen atoms in total. The number of phenolic OH excluding ortho intramolecular Hbond substituents is 1. The number of allylic oxidation sites excluding steroid dienone is 3. The lowest BCUT2D eigenvalue weighted by molar-refractivity contribution is -0.139. The Morgan fingerprint density at radius 3 is 2.60 bits per heavy atom. The Morgan fingerprint density at radius 1 is 1.20 bits per heavy atom. The summed E-state index contributed by atoms with van der Waals surface area (Å²) in [4.78, 5) is 26.9. The lowest BCUT2D eigenvalue weighted by Crippen LogP contribution is -2.38. The van der Waals surface area contributed by atoms with E-state index in [1.165, 1.54) is 7.11 Å². The number of esters is 1. The van der Waals surface area contributed by atoms with Crippen molar-refractivity contribution in [3.8, 4) is 11.5 Å². The lowest BCUT2D eigenvalue weighted by Gasteiger charge is -2.39. The van der Waals surface area contributed by atoms with Crippen LogP contribution in [-0.4, -0.2) is 30.6 Å². The topological polar surface area (TPSA) is 84.9 Å². The van der Waals surface area contributed by atoms with Crippen LogP contribution >= 0.6 is 11.6 Å². The van der Waals surface area contributed by atoms with E-state index in [1.807, 2.05) is 37.3 Å². The van der Waals surface area contributed by atoms with Gasteiger partial charge >= 0.3 is 5.97 Å². The number of carbonyl (C=O) groups excluding carboxylic acids is 2. The van der Waals surface area contributed by atoms with Gasteiger partial charge in [-0.15, -0.1) is 0 Å². The fourth-order valence-corrected chi connectivity index (χ4v) is 5.16. The molecule has 0 unspecified atom stereocenters. The van der Waals surface area contributed by atoms with Gasteiger partial charge in [0.05, 0.1) is 24.3 Å². The number of ketones is 1. The molecule has 7 heteroatoms. The number of phenols is 1. The van der Waals surface area contributed by atoms with Crippen LogP contribution in [0.5, 0.6) is 11.5 Å². The maximum atomic E-state index is 13.4. The molecule has 0 radical (unpaired) electrons. The van der Waals surface area contributed by atoms with Crippen LogP contribution in [0.25, 0.3) is 0 Å². The van der Waals surface area contributed by atoms with Crippen LogP contribution < -0.4 is 10.1 Å². The average Bonchev–Trinajstić information content (AvgIpc) is 2.79. The third kappa shape index (κ3) is 5.08. The van der Waals surface area contributed by atoms with Gasteiger partial charge in [-0.3, -0.25) is 4.79 Å². The van der Waals surface area contributed by atoms with Gasteiger partial charge in [0, 0.05) is 35.7 Å². The third-order valence-corrected chi connectivity index (χ3v) is 6.82. The molecule has 1 atom stereocenters. The van der Waals surface area contributed by atoms with E-state index in [0.29, 0.717) is 41.7 Å². The highest BCUT2D eigenvalue weighted by Crippen LogP contribution is 2.48. The zero-order valence-electron chi connectivity index (χ0n) is 20.4.